The lowest BCUT2D eigenvalue weighted by molar-refractivity contribution is -0.137. The maximum Gasteiger partial charge on any atom is 0.416 e. The number of nitrogens with zero attached hydrogens (tertiary/aromatic N) is 2. The quantitative estimate of drug-likeness (QED) is 0.913. The van der Waals surface area contributed by atoms with Crippen LogP contribution in [0, 0.1) is 0 Å². The van der Waals surface area contributed by atoms with Crippen molar-refractivity contribution in [2.24, 2.45) is 0 Å². The number of benzene rings is 1. The molecule has 1 fully saturated rings. The largest absolute Gasteiger partial charge is 0.416 e. The van der Waals surface area contributed by atoms with Crippen LogP contribution in [0.3, 0.4) is 0 Å². The molecule has 0 spiro atoms. The Kier molecular flexibility index (Phi) is 5.74. The third-order valence-corrected chi connectivity index (χ3v) is 4.21. The zero-order chi connectivity index (χ0) is 17.9. The van der Waals surface area contributed by atoms with Crippen LogP contribution in [0.15, 0.2) is 24.3 Å². The highest BCUT2D eigenvalue weighted by molar-refractivity contribution is 5.81. The maximum atomic E-state index is 12.8. The van der Waals surface area contributed by atoms with Crippen LogP contribution in [0.4, 0.5) is 18.9 Å². The summed E-state index contributed by atoms with van der Waals surface area (Å²) in [4.78, 5) is 16.1. The van der Waals surface area contributed by atoms with Gasteiger partial charge in [0.1, 0.15) is 0 Å². The normalized spacial score (nSPS) is 17.9. The summed E-state index contributed by atoms with van der Waals surface area (Å²) in [7, 11) is 0. The van der Waals surface area contributed by atoms with E-state index in [1.54, 1.807) is 6.07 Å². The molecule has 1 heterocycles. The third kappa shape index (κ3) is 4.63. The van der Waals surface area contributed by atoms with Crippen molar-refractivity contribution in [3.8, 4) is 0 Å². The number of carbonyl (C=O) groups excluding carboxylic acids is 1. The van der Waals surface area contributed by atoms with Gasteiger partial charge < -0.3 is 10.2 Å². The molecule has 1 aliphatic rings. The smallest absolute Gasteiger partial charge is 0.369 e. The van der Waals surface area contributed by atoms with E-state index in [-0.39, 0.29) is 18.0 Å². The van der Waals surface area contributed by atoms with Crippen molar-refractivity contribution in [1.29, 1.82) is 0 Å². The molecule has 1 saturated heterocycles. The van der Waals surface area contributed by atoms with E-state index in [9.17, 15) is 18.0 Å². The SMILES string of the molecule is CC(C)NC(=O)[C@@H](C)N1CCN(c2cccc(C(F)(F)F)c2)CC1. The van der Waals surface area contributed by atoms with Gasteiger partial charge in [-0.3, -0.25) is 9.69 Å². The van der Waals surface area contributed by atoms with Gasteiger partial charge in [-0.25, -0.2) is 0 Å². The third-order valence-electron chi connectivity index (χ3n) is 4.21. The summed E-state index contributed by atoms with van der Waals surface area (Å²) in [5.41, 5.74) is -0.0594. The summed E-state index contributed by atoms with van der Waals surface area (Å²) < 4.78 is 38.5. The predicted molar refractivity (Wildman–Crippen MR) is 88.0 cm³/mol. The lowest BCUT2D eigenvalue weighted by atomic mass is 10.1. The number of carbonyl (C=O) groups is 1. The molecule has 1 N–H and O–H groups in total. The average Bonchev–Trinajstić information content (AvgIpc) is 2.53. The maximum absolute atomic E-state index is 12.8. The monoisotopic (exact) mass is 343 g/mol. The average molecular weight is 343 g/mol. The molecule has 0 bridgehead atoms. The highest BCUT2D eigenvalue weighted by Crippen LogP contribution is 2.31. The summed E-state index contributed by atoms with van der Waals surface area (Å²) in [6.45, 7) is 8.16. The number of halogens is 3. The van der Waals surface area contributed by atoms with E-state index in [1.165, 1.54) is 12.1 Å². The van der Waals surface area contributed by atoms with E-state index < -0.39 is 11.7 Å². The Labute approximate surface area is 140 Å². The standard InChI is InChI=1S/C17H24F3N3O/c1-12(2)21-16(24)13(3)22-7-9-23(10-8-22)15-6-4-5-14(11-15)17(18,19)20/h4-6,11-13H,7-10H2,1-3H3,(H,21,24)/t13-/m1/s1. The number of hydrogen-bond donors (Lipinski definition) is 1. The Morgan fingerprint density at radius 3 is 2.29 bits per heavy atom. The lowest BCUT2D eigenvalue weighted by Crippen LogP contribution is -2.54. The van der Waals surface area contributed by atoms with Crippen LogP contribution in [-0.4, -0.2) is 49.1 Å². The molecule has 134 valence electrons. The van der Waals surface area contributed by atoms with Crippen LogP contribution in [-0.2, 0) is 11.0 Å². The second-order valence-electron chi connectivity index (χ2n) is 6.41. The molecule has 24 heavy (non-hydrogen) atoms. The van der Waals surface area contributed by atoms with E-state index in [0.717, 1.165) is 6.07 Å². The van der Waals surface area contributed by atoms with Crippen molar-refractivity contribution in [2.45, 2.75) is 39.0 Å². The molecule has 0 unspecified atom stereocenters. The van der Waals surface area contributed by atoms with Gasteiger partial charge in [0.2, 0.25) is 5.91 Å². The molecular formula is C17H24F3N3O. The number of amides is 1. The predicted octanol–water partition coefficient (Wildman–Crippen LogP) is 2.74. The molecule has 0 aromatic heterocycles. The van der Waals surface area contributed by atoms with Crippen molar-refractivity contribution in [1.82, 2.24) is 10.2 Å². The van der Waals surface area contributed by atoms with Gasteiger partial charge in [0.05, 0.1) is 11.6 Å². The molecule has 1 aromatic rings. The van der Waals surface area contributed by atoms with Crippen LogP contribution in [0.5, 0.6) is 0 Å². The van der Waals surface area contributed by atoms with Gasteiger partial charge in [0, 0.05) is 37.9 Å². The molecule has 0 radical (unpaired) electrons. The molecule has 1 amide bonds. The van der Waals surface area contributed by atoms with Gasteiger partial charge in [-0.05, 0) is 39.0 Å². The summed E-state index contributed by atoms with van der Waals surface area (Å²) >= 11 is 0. The van der Waals surface area contributed by atoms with E-state index >= 15 is 0 Å². The second-order valence-corrected chi connectivity index (χ2v) is 6.41. The fraction of sp³-hybridized carbons (Fsp3) is 0.588. The number of anilines is 1. The van der Waals surface area contributed by atoms with Gasteiger partial charge in [0.25, 0.3) is 0 Å². The molecule has 1 aromatic carbocycles. The van der Waals surface area contributed by atoms with E-state index in [0.29, 0.717) is 31.9 Å². The highest BCUT2D eigenvalue weighted by Gasteiger charge is 2.31. The summed E-state index contributed by atoms with van der Waals surface area (Å²) in [5, 5.41) is 2.89. The number of alkyl halides is 3. The number of rotatable bonds is 4. The van der Waals surface area contributed by atoms with Crippen LogP contribution in [0.25, 0.3) is 0 Å². The summed E-state index contributed by atoms with van der Waals surface area (Å²) in [6, 6.07) is 5.24. The number of hydrogen-bond acceptors (Lipinski definition) is 3. The van der Waals surface area contributed by atoms with E-state index in [4.69, 9.17) is 0 Å². The Hall–Kier alpha value is -1.76. The second kappa shape index (κ2) is 7.42. The lowest BCUT2D eigenvalue weighted by Gasteiger charge is -2.38. The molecule has 1 atom stereocenters. The molecule has 0 saturated carbocycles. The first-order valence-electron chi connectivity index (χ1n) is 8.15. The minimum absolute atomic E-state index is 0.0162. The van der Waals surface area contributed by atoms with Crippen LogP contribution in [0.2, 0.25) is 0 Å². The number of nitrogens with one attached hydrogen (secondary N) is 1. The van der Waals surface area contributed by atoms with Crippen molar-refractivity contribution in [3.05, 3.63) is 29.8 Å². The van der Waals surface area contributed by atoms with Crippen LogP contribution >= 0.6 is 0 Å². The molecule has 2 rings (SSSR count). The Morgan fingerprint density at radius 2 is 1.75 bits per heavy atom. The first kappa shape index (κ1) is 18.6. The Balaban J connectivity index is 1.97. The fourth-order valence-corrected chi connectivity index (χ4v) is 2.82. The van der Waals surface area contributed by atoms with Crippen LogP contribution < -0.4 is 10.2 Å². The molecule has 1 aliphatic heterocycles. The first-order chi connectivity index (χ1) is 11.2. The van der Waals surface area contributed by atoms with Crippen molar-refractivity contribution in [2.75, 3.05) is 31.1 Å². The molecule has 7 heteroatoms. The Morgan fingerprint density at radius 1 is 1.12 bits per heavy atom. The zero-order valence-corrected chi connectivity index (χ0v) is 14.2. The van der Waals surface area contributed by atoms with Gasteiger partial charge >= 0.3 is 6.18 Å². The van der Waals surface area contributed by atoms with Crippen molar-refractivity contribution in [3.63, 3.8) is 0 Å². The topological polar surface area (TPSA) is 35.6 Å². The van der Waals surface area contributed by atoms with E-state index in [2.05, 4.69) is 10.2 Å². The molecule has 0 aliphatic carbocycles. The van der Waals surface area contributed by atoms with Crippen molar-refractivity contribution >= 4 is 11.6 Å². The minimum Gasteiger partial charge on any atom is -0.369 e. The van der Waals surface area contributed by atoms with Crippen molar-refractivity contribution < 1.29 is 18.0 Å². The molecule has 4 nitrogen and oxygen atoms in total. The van der Waals surface area contributed by atoms with Gasteiger partial charge in [-0.2, -0.15) is 13.2 Å². The number of piperazine rings is 1. The highest BCUT2D eigenvalue weighted by atomic mass is 19.4. The minimum atomic E-state index is -4.33. The fourth-order valence-electron chi connectivity index (χ4n) is 2.82. The van der Waals surface area contributed by atoms with E-state index in [1.807, 2.05) is 25.7 Å². The van der Waals surface area contributed by atoms with Gasteiger partial charge in [-0.1, -0.05) is 6.07 Å². The molecular weight excluding hydrogens is 319 g/mol. The summed E-state index contributed by atoms with van der Waals surface area (Å²) in [5.74, 6) is -0.0162. The zero-order valence-electron chi connectivity index (χ0n) is 14.2. The summed E-state index contributed by atoms with van der Waals surface area (Å²) in [6.07, 6.45) is -4.33. The Bertz CT molecular complexity index is 566. The first-order valence-corrected chi connectivity index (χ1v) is 8.15. The van der Waals surface area contributed by atoms with Crippen LogP contribution in [0.1, 0.15) is 26.3 Å². The van der Waals surface area contributed by atoms with Gasteiger partial charge in [0.15, 0.2) is 0 Å². The van der Waals surface area contributed by atoms with Gasteiger partial charge in [-0.15, -0.1) is 0 Å².